The van der Waals surface area contributed by atoms with E-state index in [9.17, 15) is 5.11 Å². The van der Waals surface area contributed by atoms with Crippen LogP contribution in [0, 0.1) is 0 Å². The predicted octanol–water partition coefficient (Wildman–Crippen LogP) is 2.45. The van der Waals surface area contributed by atoms with Crippen molar-refractivity contribution in [3.8, 4) is 0 Å². The zero-order valence-corrected chi connectivity index (χ0v) is 11.2. The molecule has 3 nitrogen and oxygen atoms in total. The van der Waals surface area contributed by atoms with Gasteiger partial charge in [0, 0.05) is 24.3 Å². The minimum Gasteiger partial charge on any atom is -0.395 e. The molecule has 1 aromatic rings. The van der Waals surface area contributed by atoms with Gasteiger partial charge >= 0.3 is 0 Å². The highest BCUT2D eigenvalue weighted by atomic mass is 16.3. The molecule has 1 aliphatic rings. The van der Waals surface area contributed by atoms with E-state index in [0.717, 1.165) is 13.0 Å². The van der Waals surface area contributed by atoms with E-state index in [-0.39, 0.29) is 12.6 Å². The molecule has 1 fully saturated rings. The summed E-state index contributed by atoms with van der Waals surface area (Å²) in [5, 5.41) is 9.19. The number of nitrogens with zero attached hydrogens (tertiary/aromatic N) is 1. The number of benzene rings is 1. The molecule has 0 aromatic heterocycles. The first-order valence-electron chi connectivity index (χ1n) is 6.99. The van der Waals surface area contributed by atoms with Crippen LogP contribution in [0.15, 0.2) is 24.3 Å². The van der Waals surface area contributed by atoms with Crippen molar-refractivity contribution in [1.82, 2.24) is 0 Å². The molecule has 0 spiro atoms. The molecule has 1 atom stereocenters. The standard InChI is InChI=1S/C15H24N2O/c1-2-15(16)12-6-8-14(9-7-12)17(10-11-18)13-4-3-5-13/h6-9,13,15,18H,2-5,10-11,16H2,1H3/t15-/m0/s1. The molecule has 0 bridgehead atoms. The van der Waals surface area contributed by atoms with E-state index in [2.05, 4.69) is 36.1 Å². The Balaban J connectivity index is 2.10. The van der Waals surface area contributed by atoms with Crippen molar-refractivity contribution >= 4 is 5.69 Å². The smallest absolute Gasteiger partial charge is 0.0606 e. The lowest BCUT2D eigenvalue weighted by atomic mass is 9.91. The van der Waals surface area contributed by atoms with Crippen molar-refractivity contribution in [1.29, 1.82) is 0 Å². The minimum atomic E-state index is 0.133. The lowest BCUT2D eigenvalue weighted by molar-refractivity contribution is 0.283. The first-order valence-corrected chi connectivity index (χ1v) is 6.99. The molecule has 1 aliphatic carbocycles. The summed E-state index contributed by atoms with van der Waals surface area (Å²) in [7, 11) is 0. The Hall–Kier alpha value is -1.06. The van der Waals surface area contributed by atoms with Crippen LogP contribution >= 0.6 is 0 Å². The number of nitrogens with two attached hydrogens (primary N) is 1. The highest BCUT2D eigenvalue weighted by Gasteiger charge is 2.24. The summed E-state index contributed by atoms with van der Waals surface area (Å²) in [5.74, 6) is 0. The number of hydrogen-bond acceptors (Lipinski definition) is 3. The first kappa shape index (κ1) is 13.4. The second-order valence-electron chi connectivity index (χ2n) is 5.11. The summed E-state index contributed by atoms with van der Waals surface area (Å²) in [6, 6.07) is 9.26. The largest absolute Gasteiger partial charge is 0.395 e. The summed E-state index contributed by atoms with van der Waals surface area (Å²) >= 11 is 0. The molecule has 1 aromatic carbocycles. The molecule has 0 radical (unpaired) electrons. The Morgan fingerprint density at radius 1 is 1.33 bits per heavy atom. The summed E-state index contributed by atoms with van der Waals surface area (Å²) in [6.45, 7) is 3.04. The molecule has 0 heterocycles. The van der Waals surface area contributed by atoms with Crippen LogP contribution in [0.2, 0.25) is 0 Å². The van der Waals surface area contributed by atoms with Gasteiger partial charge in [0.2, 0.25) is 0 Å². The maximum absolute atomic E-state index is 9.19. The van der Waals surface area contributed by atoms with E-state index in [0.29, 0.717) is 6.04 Å². The van der Waals surface area contributed by atoms with E-state index in [1.807, 2.05) is 0 Å². The summed E-state index contributed by atoms with van der Waals surface area (Å²) < 4.78 is 0. The number of aliphatic hydroxyl groups excluding tert-OH is 1. The van der Waals surface area contributed by atoms with Crippen molar-refractivity contribution in [2.24, 2.45) is 5.73 Å². The van der Waals surface area contributed by atoms with Crippen LogP contribution < -0.4 is 10.6 Å². The van der Waals surface area contributed by atoms with Crippen molar-refractivity contribution in [2.75, 3.05) is 18.1 Å². The summed E-state index contributed by atoms with van der Waals surface area (Å²) in [4.78, 5) is 2.32. The van der Waals surface area contributed by atoms with Gasteiger partial charge < -0.3 is 15.7 Å². The summed E-state index contributed by atoms with van der Waals surface area (Å²) in [6.07, 6.45) is 4.76. The molecule has 100 valence electrons. The monoisotopic (exact) mass is 248 g/mol. The third kappa shape index (κ3) is 2.85. The van der Waals surface area contributed by atoms with Crippen LogP contribution in [-0.4, -0.2) is 24.3 Å². The fraction of sp³-hybridized carbons (Fsp3) is 0.600. The lowest BCUT2D eigenvalue weighted by Gasteiger charge is -2.39. The molecular weight excluding hydrogens is 224 g/mol. The second-order valence-corrected chi connectivity index (χ2v) is 5.11. The summed E-state index contributed by atoms with van der Waals surface area (Å²) in [5.41, 5.74) is 8.43. The van der Waals surface area contributed by atoms with Gasteiger partial charge in [0.05, 0.1) is 6.61 Å². The number of aliphatic hydroxyl groups is 1. The fourth-order valence-corrected chi connectivity index (χ4v) is 2.48. The molecule has 0 unspecified atom stereocenters. The molecule has 0 amide bonds. The molecule has 2 rings (SSSR count). The van der Waals surface area contributed by atoms with E-state index in [4.69, 9.17) is 5.73 Å². The third-order valence-corrected chi connectivity index (χ3v) is 3.95. The maximum atomic E-state index is 9.19. The molecule has 0 aliphatic heterocycles. The van der Waals surface area contributed by atoms with Gasteiger partial charge in [-0.25, -0.2) is 0 Å². The van der Waals surface area contributed by atoms with Crippen LogP contribution in [0.25, 0.3) is 0 Å². The van der Waals surface area contributed by atoms with Crippen molar-refractivity contribution < 1.29 is 5.11 Å². The van der Waals surface area contributed by atoms with Gasteiger partial charge in [-0.05, 0) is 43.4 Å². The number of hydrogen-bond donors (Lipinski definition) is 2. The van der Waals surface area contributed by atoms with Gasteiger partial charge in [0.25, 0.3) is 0 Å². The fourth-order valence-electron chi connectivity index (χ4n) is 2.48. The molecule has 18 heavy (non-hydrogen) atoms. The van der Waals surface area contributed by atoms with Gasteiger partial charge in [-0.1, -0.05) is 19.1 Å². The average Bonchev–Trinajstić information content (AvgIpc) is 2.35. The molecule has 0 saturated heterocycles. The Kier molecular flexibility index (Phi) is 4.61. The van der Waals surface area contributed by atoms with Gasteiger partial charge in [0.1, 0.15) is 0 Å². The van der Waals surface area contributed by atoms with Crippen molar-refractivity contribution in [3.63, 3.8) is 0 Å². The van der Waals surface area contributed by atoms with Gasteiger partial charge in [-0.2, -0.15) is 0 Å². The average molecular weight is 248 g/mol. The number of anilines is 1. The van der Waals surface area contributed by atoms with Gasteiger partial charge in [-0.15, -0.1) is 0 Å². The van der Waals surface area contributed by atoms with Crippen LogP contribution in [0.5, 0.6) is 0 Å². The van der Waals surface area contributed by atoms with Gasteiger partial charge in [0.15, 0.2) is 0 Å². The zero-order chi connectivity index (χ0) is 13.0. The molecular formula is C15H24N2O. The topological polar surface area (TPSA) is 49.5 Å². The number of rotatable bonds is 6. The Morgan fingerprint density at radius 2 is 2.00 bits per heavy atom. The first-order chi connectivity index (χ1) is 8.76. The van der Waals surface area contributed by atoms with Crippen LogP contribution in [0.1, 0.15) is 44.2 Å². The Morgan fingerprint density at radius 3 is 2.44 bits per heavy atom. The Labute approximate surface area is 110 Å². The quantitative estimate of drug-likeness (QED) is 0.813. The van der Waals surface area contributed by atoms with Crippen LogP contribution in [0.4, 0.5) is 5.69 Å². The highest BCUT2D eigenvalue weighted by molar-refractivity contribution is 5.49. The molecule has 3 heteroatoms. The highest BCUT2D eigenvalue weighted by Crippen LogP contribution is 2.30. The van der Waals surface area contributed by atoms with Crippen molar-refractivity contribution in [3.05, 3.63) is 29.8 Å². The van der Waals surface area contributed by atoms with Crippen molar-refractivity contribution in [2.45, 2.75) is 44.7 Å². The van der Waals surface area contributed by atoms with E-state index in [1.54, 1.807) is 0 Å². The zero-order valence-electron chi connectivity index (χ0n) is 11.2. The predicted molar refractivity (Wildman–Crippen MR) is 75.7 cm³/mol. The second kappa shape index (κ2) is 6.21. The Bertz CT molecular complexity index is 359. The normalized spacial score (nSPS) is 17.3. The van der Waals surface area contributed by atoms with E-state index < -0.39 is 0 Å². The maximum Gasteiger partial charge on any atom is 0.0606 e. The minimum absolute atomic E-state index is 0.133. The van der Waals surface area contributed by atoms with Crippen LogP contribution in [-0.2, 0) is 0 Å². The molecule has 3 N–H and O–H groups in total. The molecule has 1 saturated carbocycles. The third-order valence-electron chi connectivity index (χ3n) is 3.95. The SMILES string of the molecule is CC[C@H](N)c1ccc(N(CCO)C2CCC2)cc1. The van der Waals surface area contributed by atoms with E-state index >= 15 is 0 Å². The van der Waals surface area contributed by atoms with E-state index in [1.165, 1.54) is 30.5 Å². The van der Waals surface area contributed by atoms with Gasteiger partial charge in [-0.3, -0.25) is 0 Å². The van der Waals surface area contributed by atoms with Crippen LogP contribution in [0.3, 0.4) is 0 Å². The lowest BCUT2D eigenvalue weighted by Crippen LogP contribution is -2.41.